The molecule has 0 spiro atoms. The van der Waals surface area contributed by atoms with Gasteiger partial charge in [0.05, 0.1) is 11.8 Å². The van der Waals surface area contributed by atoms with Gasteiger partial charge in [0.25, 0.3) is 0 Å². The molecule has 1 aliphatic rings. The molecule has 1 aliphatic heterocycles. The van der Waals surface area contributed by atoms with Gasteiger partial charge < -0.3 is 5.32 Å². The molecule has 3 aromatic carbocycles. The molecule has 0 radical (unpaired) electrons. The smallest absolute Gasteiger partial charge is 0.223 e. The van der Waals surface area contributed by atoms with Gasteiger partial charge in [-0.1, -0.05) is 88.2 Å². The van der Waals surface area contributed by atoms with E-state index < -0.39 is 10.0 Å². The third-order valence-corrected chi connectivity index (χ3v) is 8.69. The number of amides is 1. The fourth-order valence-corrected chi connectivity index (χ4v) is 6.13. The van der Waals surface area contributed by atoms with Crippen molar-refractivity contribution in [1.82, 2.24) is 9.62 Å². The summed E-state index contributed by atoms with van der Waals surface area (Å²) in [5.74, 6) is -0.268. The van der Waals surface area contributed by atoms with Crippen molar-refractivity contribution < 1.29 is 13.2 Å². The number of nitrogens with zero attached hydrogens (tertiary/aromatic N) is 1. The predicted molar refractivity (Wildman–Crippen MR) is 139 cm³/mol. The number of aryl methyl sites for hydroxylation is 1. The summed E-state index contributed by atoms with van der Waals surface area (Å²) >= 11 is 3.37. The number of hydrogen-bond donors (Lipinski definition) is 1. The van der Waals surface area contributed by atoms with Crippen LogP contribution in [0.1, 0.15) is 41.1 Å². The minimum Gasteiger partial charge on any atom is -0.345 e. The Kier molecular flexibility index (Phi) is 7.86. The van der Waals surface area contributed by atoms with Crippen molar-refractivity contribution in [1.29, 1.82) is 0 Å². The molecule has 1 amide bonds. The van der Waals surface area contributed by atoms with E-state index in [1.807, 2.05) is 85.8 Å². The molecule has 0 aromatic heterocycles. The van der Waals surface area contributed by atoms with E-state index in [4.69, 9.17) is 0 Å². The maximum Gasteiger partial charge on any atom is 0.223 e. The lowest BCUT2D eigenvalue weighted by molar-refractivity contribution is -0.126. The Balaban J connectivity index is 1.40. The van der Waals surface area contributed by atoms with Crippen molar-refractivity contribution >= 4 is 31.9 Å². The highest BCUT2D eigenvalue weighted by atomic mass is 79.9. The Hall–Kier alpha value is -2.48. The third kappa shape index (κ3) is 6.14. The van der Waals surface area contributed by atoms with Crippen LogP contribution in [0.15, 0.2) is 83.3 Å². The minimum atomic E-state index is -3.43. The number of carbonyl (C=O) groups excluding carboxylic acids is 1. The molecule has 1 fully saturated rings. The fourth-order valence-electron chi connectivity index (χ4n) is 4.30. The van der Waals surface area contributed by atoms with E-state index in [2.05, 4.69) is 21.2 Å². The van der Waals surface area contributed by atoms with Crippen LogP contribution in [0, 0.1) is 12.8 Å². The van der Waals surface area contributed by atoms with E-state index in [9.17, 15) is 13.2 Å². The average molecular weight is 542 g/mol. The van der Waals surface area contributed by atoms with Gasteiger partial charge in [-0.3, -0.25) is 4.79 Å². The number of hydrogen-bond acceptors (Lipinski definition) is 3. The third-order valence-electron chi connectivity index (χ3n) is 6.31. The van der Waals surface area contributed by atoms with Gasteiger partial charge in [-0.2, -0.15) is 0 Å². The molecule has 1 N–H and O–H groups in total. The largest absolute Gasteiger partial charge is 0.345 e. The number of halogens is 1. The molecule has 0 bridgehead atoms. The van der Waals surface area contributed by atoms with Gasteiger partial charge in [0.1, 0.15) is 0 Å². The van der Waals surface area contributed by atoms with Gasteiger partial charge in [0.15, 0.2) is 0 Å². The number of benzene rings is 3. The van der Waals surface area contributed by atoms with E-state index in [1.165, 1.54) is 9.87 Å². The monoisotopic (exact) mass is 540 g/mol. The quantitative estimate of drug-likeness (QED) is 0.447. The van der Waals surface area contributed by atoms with Crippen LogP contribution in [0.2, 0.25) is 0 Å². The summed E-state index contributed by atoms with van der Waals surface area (Å²) in [4.78, 5) is 13.2. The number of carbonyl (C=O) groups is 1. The van der Waals surface area contributed by atoms with E-state index in [0.29, 0.717) is 25.9 Å². The van der Waals surface area contributed by atoms with Gasteiger partial charge in [-0.25, -0.2) is 12.7 Å². The summed E-state index contributed by atoms with van der Waals surface area (Å²) in [5, 5.41) is 3.23. The molecule has 34 heavy (non-hydrogen) atoms. The van der Waals surface area contributed by atoms with Crippen LogP contribution < -0.4 is 5.32 Å². The first kappa shape index (κ1) is 24.6. The molecular formula is C27H29BrN2O3S. The van der Waals surface area contributed by atoms with Gasteiger partial charge >= 0.3 is 0 Å². The lowest BCUT2D eigenvalue weighted by Gasteiger charge is -2.31. The van der Waals surface area contributed by atoms with Crippen LogP contribution >= 0.6 is 15.9 Å². The number of piperidine rings is 1. The van der Waals surface area contributed by atoms with Crippen molar-refractivity contribution in [2.24, 2.45) is 5.92 Å². The maximum absolute atomic E-state index is 13.2. The highest BCUT2D eigenvalue weighted by Gasteiger charge is 2.32. The Morgan fingerprint density at radius 1 is 0.941 bits per heavy atom. The molecule has 0 aliphatic carbocycles. The average Bonchev–Trinajstić information content (AvgIpc) is 2.85. The minimum absolute atomic E-state index is 0.0271. The van der Waals surface area contributed by atoms with Crippen molar-refractivity contribution in [3.8, 4) is 0 Å². The van der Waals surface area contributed by atoms with Crippen LogP contribution in [-0.4, -0.2) is 31.7 Å². The standard InChI is InChI=1S/C27H29BrN2O3S/c1-20-7-11-23(12-8-20)26(22-5-3-2-4-6-22)29-27(31)24-15-17-30(18-16-24)34(32,33)19-21-9-13-25(28)14-10-21/h2-14,24,26H,15-19H2,1H3,(H,29,31)/t26-/m1/s1. The molecule has 4 rings (SSSR count). The first-order valence-electron chi connectivity index (χ1n) is 11.5. The first-order valence-corrected chi connectivity index (χ1v) is 13.9. The number of sulfonamides is 1. The van der Waals surface area contributed by atoms with E-state index in [-0.39, 0.29) is 23.6 Å². The Morgan fingerprint density at radius 3 is 2.15 bits per heavy atom. The molecule has 0 unspecified atom stereocenters. The lowest BCUT2D eigenvalue weighted by atomic mass is 9.94. The molecule has 1 saturated heterocycles. The summed E-state index contributed by atoms with van der Waals surface area (Å²) in [6, 6.07) is 25.2. The Labute approximate surface area is 210 Å². The summed E-state index contributed by atoms with van der Waals surface area (Å²) in [5.41, 5.74) is 3.97. The zero-order chi connectivity index (χ0) is 24.1. The zero-order valence-electron chi connectivity index (χ0n) is 19.2. The van der Waals surface area contributed by atoms with Gasteiger partial charge in [-0.05, 0) is 48.6 Å². The molecule has 7 heteroatoms. The van der Waals surface area contributed by atoms with Crippen molar-refractivity contribution in [2.45, 2.75) is 31.6 Å². The highest BCUT2D eigenvalue weighted by molar-refractivity contribution is 9.10. The normalized spacial score (nSPS) is 16.2. The van der Waals surface area contributed by atoms with Gasteiger partial charge in [0.2, 0.25) is 15.9 Å². The second kappa shape index (κ2) is 10.8. The maximum atomic E-state index is 13.2. The van der Waals surface area contributed by atoms with Crippen LogP contribution in [0.4, 0.5) is 0 Å². The Morgan fingerprint density at radius 2 is 1.53 bits per heavy atom. The van der Waals surface area contributed by atoms with Crippen LogP contribution in [0.5, 0.6) is 0 Å². The molecule has 3 aromatic rings. The lowest BCUT2D eigenvalue weighted by Crippen LogP contribution is -2.44. The van der Waals surface area contributed by atoms with Crippen LogP contribution in [-0.2, 0) is 20.6 Å². The molecule has 1 atom stereocenters. The molecule has 1 heterocycles. The summed E-state index contributed by atoms with van der Waals surface area (Å²) in [7, 11) is -3.43. The molecule has 5 nitrogen and oxygen atoms in total. The number of nitrogens with one attached hydrogen (secondary N) is 1. The molecule has 178 valence electrons. The fraction of sp³-hybridized carbons (Fsp3) is 0.296. The summed E-state index contributed by atoms with van der Waals surface area (Å²) in [6.45, 7) is 2.76. The first-order chi connectivity index (χ1) is 16.3. The van der Waals surface area contributed by atoms with Crippen molar-refractivity contribution in [2.75, 3.05) is 13.1 Å². The van der Waals surface area contributed by atoms with E-state index in [0.717, 1.165) is 21.2 Å². The molecular weight excluding hydrogens is 512 g/mol. The van der Waals surface area contributed by atoms with Crippen LogP contribution in [0.3, 0.4) is 0 Å². The molecule has 0 saturated carbocycles. The number of rotatable bonds is 7. The van der Waals surface area contributed by atoms with Crippen LogP contribution in [0.25, 0.3) is 0 Å². The van der Waals surface area contributed by atoms with Crippen molar-refractivity contribution in [3.05, 3.63) is 106 Å². The van der Waals surface area contributed by atoms with Crippen molar-refractivity contribution in [3.63, 3.8) is 0 Å². The highest BCUT2D eigenvalue weighted by Crippen LogP contribution is 2.26. The second-order valence-electron chi connectivity index (χ2n) is 8.82. The summed E-state index contributed by atoms with van der Waals surface area (Å²) < 4.78 is 28.2. The Bertz CT molecular complexity index is 1200. The van der Waals surface area contributed by atoms with E-state index >= 15 is 0 Å². The summed E-state index contributed by atoms with van der Waals surface area (Å²) in [6.07, 6.45) is 1.03. The zero-order valence-corrected chi connectivity index (χ0v) is 21.6. The predicted octanol–water partition coefficient (Wildman–Crippen LogP) is 5.21. The van der Waals surface area contributed by atoms with Gasteiger partial charge in [0, 0.05) is 23.5 Å². The van der Waals surface area contributed by atoms with Gasteiger partial charge in [-0.15, -0.1) is 0 Å². The topological polar surface area (TPSA) is 66.5 Å². The second-order valence-corrected chi connectivity index (χ2v) is 11.7. The SMILES string of the molecule is Cc1ccc([C@H](NC(=O)C2CCN(S(=O)(=O)Cc3ccc(Br)cc3)CC2)c2ccccc2)cc1. The van der Waals surface area contributed by atoms with E-state index in [1.54, 1.807) is 0 Å².